The zero-order chi connectivity index (χ0) is 19.7. The number of carbonyl (C=O) groups excluding carboxylic acids is 2. The number of imide groups is 1. The fourth-order valence-electron chi connectivity index (χ4n) is 3.13. The maximum atomic E-state index is 12.9. The van der Waals surface area contributed by atoms with E-state index in [1.807, 2.05) is 6.92 Å². The molecule has 2 aliphatic heterocycles. The molecule has 2 heterocycles. The number of rotatable bonds is 4. The first-order valence-corrected chi connectivity index (χ1v) is 8.55. The molecular weight excluding hydrogens is 348 g/mol. The molecule has 142 valence electrons. The molecule has 1 atom stereocenters. The standard InChI is InChI=1S/C19H22N4O4/c1-6-11-10-20-17-15(18(24)23(3)19(25)22(17)2)16(11)21-13-8-7-12(26-4)9-14(13)27-5/h7-10,15H,6H2,1-5H3. The minimum Gasteiger partial charge on any atom is -0.497 e. The van der Waals surface area contributed by atoms with E-state index in [9.17, 15) is 9.59 Å². The predicted molar refractivity (Wildman–Crippen MR) is 102 cm³/mol. The van der Waals surface area contributed by atoms with Crippen molar-refractivity contribution in [1.29, 1.82) is 0 Å². The highest BCUT2D eigenvalue weighted by atomic mass is 16.5. The van der Waals surface area contributed by atoms with Crippen molar-refractivity contribution in [2.24, 2.45) is 15.9 Å². The topological polar surface area (TPSA) is 83.8 Å². The number of amidine groups is 1. The summed E-state index contributed by atoms with van der Waals surface area (Å²) in [6.45, 7) is 1.97. The van der Waals surface area contributed by atoms with Crippen LogP contribution >= 0.6 is 0 Å². The van der Waals surface area contributed by atoms with Gasteiger partial charge in [-0.05, 0) is 24.1 Å². The first-order chi connectivity index (χ1) is 12.9. The van der Waals surface area contributed by atoms with Gasteiger partial charge in [0.1, 0.15) is 28.9 Å². The number of benzene rings is 1. The molecule has 1 saturated heterocycles. The highest BCUT2D eigenvalue weighted by Crippen LogP contribution is 2.35. The highest BCUT2D eigenvalue weighted by molar-refractivity contribution is 6.33. The number of carbonyl (C=O) groups is 2. The van der Waals surface area contributed by atoms with Crippen LogP contribution in [-0.2, 0) is 4.79 Å². The van der Waals surface area contributed by atoms with Crippen molar-refractivity contribution < 1.29 is 19.1 Å². The summed E-state index contributed by atoms with van der Waals surface area (Å²) < 4.78 is 10.6. The van der Waals surface area contributed by atoms with E-state index in [2.05, 4.69) is 4.99 Å². The second-order valence-corrected chi connectivity index (χ2v) is 6.20. The summed E-state index contributed by atoms with van der Waals surface area (Å²) in [6, 6.07) is 4.87. The molecule has 0 saturated carbocycles. The van der Waals surface area contributed by atoms with Crippen LogP contribution in [0, 0.1) is 5.92 Å². The molecule has 1 unspecified atom stereocenters. The van der Waals surface area contributed by atoms with Crippen molar-refractivity contribution in [3.63, 3.8) is 0 Å². The Labute approximate surface area is 157 Å². The third-order valence-corrected chi connectivity index (χ3v) is 4.72. The Morgan fingerprint density at radius 1 is 1.15 bits per heavy atom. The van der Waals surface area contributed by atoms with Gasteiger partial charge in [-0.1, -0.05) is 6.92 Å². The lowest BCUT2D eigenvalue weighted by molar-refractivity contribution is -0.128. The van der Waals surface area contributed by atoms with Crippen LogP contribution in [0.25, 0.3) is 0 Å². The van der Waals surface area contributed by atoms with E-state index >= 15 is 0 Å². The largest absolute Gasteiger partial charge is 0.497 e. The third-order valence-electron chi connectivity index (χ3n) is 4.72. The van der Waals surface area contributed by atoms with Gasteiger partial charge >= 0.3 is 6.03 Å². The molecule has 0 spiro atoms. The van der Waals surface area contributed by atoms with Gasteiger partial charge in [-0.15, -0.1) is 0 Å². The third kappa shape index (κ3) is 3.07. The van der Waals surface area contributed by atoms with Crippen LogP contribution in [0.15, 0.2) is 40.0 Å². The van der Waals surface area contributed by atoms with E-state index < -0.39 is 11.9 Å². The molecule has 1 aromatic rings. The molecule has 0 aromatic heterocycles. The number of hydrogen-bond donors (Lipinski definition) is 0. The normalized spacial score (nSPS) is 21.1. The number of nitrogens with zero attached hydrogens (tertiary/aromatic N) is 4. The number of methoxy groups -OCH3 is 2. The lowest BCUT2D eigenvalue weighted by atomic mass is 9.89. The van der Waals surface area contributed by atoms with Gasteiger partial charge in [0.15, 0.2) is 0 Å². The molecule has 27 heavy (non-hydrogen) atoms. The number of allylic oxidation sites excluding steroid dienone is 1. The summed E-state index contributed by atoms with van der Waals surface area (Å²) in [4.78, 5) is 36.7. The maximum absolute atomic E-state index is 12.9. The zero-order valence-corrected chi connectivity index (χ0v) is 16.0. The van der Waals surface area contributed by atoms with Crippen molar-refractivity contribution in [1.82, 2.24) is 9.80 Å². The van der Waals surface area contributed by atoms with E-state index in [-0.39, 0.29) is 5.91 Å². The van der Waals surface area contributed by atoms with Crippen LogP contribution in [-0.4, -0.2) is 61.6 Å². The number of urea groups is 1. The Balaban J connectivity index is 2.14. The summed E-state index contributed by atoms with van der Waals surface area (Å²) in [5.41, 5.74) is 1.98. The average molecular weight is 370 g/mol. The summed E-state index contributed by atoms with van der Waals surface area (Å²) >= 11 is 0. The molecule has 0 aliphatic carbocycles. The van der Waals surface area contributed by atoms with Crippen LogP contribution in [0.4, 0.5) is 10.5 Å². The average Bonchev–Trinajstić information content (AvgIpc) is 2.70. The molecule has 3 rings (SSSR count). The van der Waals surface area contributed by atoms with Gasteiger partial charge in [0.05, 0.1) is 19.9 Å². The van der Waals surface area contributed by atoms with Crippen molar-refractivity contribution in [2.75, 3.05) is 28.3 Å². The summed E-state index contributed by atoms with van der Waals surface area (Å²) in [6.07, 6.45) is 2.32. The second kappa shape index (κ2) is 7.22. The van der Waals surface area contributed by atoms with Crippen molar-refractivity contribution >= 4 is 29.2 Å². The van der Waals surface area contributed by atoms with Crippen molar-refractivity contribution in [3.05, 3.63) is 30.0 Å². The Morgan fingerprint density at radius 2 is 1.89 bits per heavy atom. The second-order valence-electron chi connectivity index (χ2n) is 6.20. The monoisotopic (exact) mass is 370 g/mol. The summed E-state index contributed by atoms with van der Waals surface area (Å²) in [5, 5.41) is 0. The lowest BCUT2D eigenvalue weighted by Crippen LogP contribution is -2.59. The maximum Gasteiger partial charge on any atom is 0.331 e. The molecule has 8 nitrogen and oxygen atoms in total. The number of ether oxygens (including phenoxy) is 2. The van der Waals surface area contributed by atoms with Crippen LogP contribution in [0.2, 0.25) is 0 Å². The molecule has 0 bridgehead atoms. The number of aliphatic imine (C=N–C) groups is 2. The van der Waals surface area contributed by atoms with E-state index in [4.69, 9.17) is 14.5 Å². The number of fused-ring (bicyclic) bond motifs is 1. The molecule has 1 aromatic carbocycles. The Hall–Kier alpha value is -3.16. The van der Waals surface area contributed by atoms with Gasteiger partial charge in [0, 0.05) is 26.4 Å². The van der Waals surface area contributed by atoms with Crippen LogP contribution in [0.3, 0.4) is 0 Å². The summed E-state index contributed by atoms with van der Waals surface area (Å²) in [5.74, 6) is 0.479. The van der Waals surface area contributed by atoms with Gasteiger partial charge in [0.2, 0.25) is 5.91 Å². The van der Waals surface area contributed by atoms with Gasteiger partial charge in [-0.2, -0.15) is 0 Å². The minimum atomic E-state index is -0.732. The number of amides is 3. The zero-order valence-electron chi connectivity index (χ0n) is 16.0. The molecule has 0 N–H and O–H groups in total. The first kappa shape index (κ1) is 18.6. The highest BCUT2D eigenvalue weighted by Gasteiger charge is 2.45. The van der Waals surface area contributed by atoms with E-state index in [0.717, 1.165) is 10.5 Å². The van der Waals surface area contributed by atoms with E-state index in [1.165, 1.54) is 11.9 Å². The van der Waals surface area contributed by atoms with Crippen molar-refractivity contribution in [3.8, 4) is 11.5 Å². The number of hydrogen-bond acceptors (Lipinski definition) is 6. The van der Waals surface area contributed by atoms with Gasteiger partial charge in [0.25, 0.3) is 0 Å². The fourth-order valence-corrected chi connectivity index (χ4v) is 3.13. The SMILES string of the molecule is CCC1=CN=C2C(C(=O)N(C)C(=O)N2C)C1=Nc1ccc(OC)cc1OC. The Morgan fingerprint density at radius 3 is 2.52 bits per heavy atom. The molecule has 8 heteroatoms. The predicted octanol–water partition coefficient (Wildman–Crippen LogP) is 2.62. The molecule has 0 radical (unpaired) electrons. The molecular formula is C19H22N4O4. The molecule has 2 aliphatic rings. The minimum absolute atomic E-state index is 0.345. The van der Waals surface area contributed by atoms with E-state index in [1.54, 1.807) is 45.7 Å². The Bertz CT molecular complexity index is 888. The quantitative estimate of drug-likeness (QED) is 0.816. The smallest absolute Gasteiger partial charge is 0.331 e. The van der Waals surface area contributed by atoms with E-state index in [0.29, 0.717) is 35.2 Å². The first-order valence-electron chi connectivity index (χ1n) is 8.55. The summed E-state index contributed by atoms with van der Waals surface area (Å²) in [7, 11) is 6.20. The molecule has 3 amide bonds. The van der Waals surface area contributed by atoms with Gasteiger partial charge < -0.3 is 9.47 Å². The van der Waals surface area contributed by atoms with Gasteiger partial charge in [-0.3, -0.25) is 14.6 Å². The van der Waals surface area contributed by atoms with Crippen LogP contribution in [0.5, 0.6) is 11.5 Å². The Kier molecular flexibility index (Phi) is 4.98. The fraction of sp³-hybridized carbons (Fsp3) is 0.368. The molecule has 1 fully saturated rings. The van der Waals surface area contributed by atoms with Crippen LogP contribution < -0.4 is 9.47 Å². The van der Waals surface area contributed by atoms with Gasteiger partial charge in [-0.25, -0.2) is 14.8 Å². The lowest BCUT2D eigenvalue weighted by Gasteiger charge is -2.37. The van der Waals surface area contributed by atoms with Crippen molar-refractivity contribution in [2.45, 2.75) is 13.3 Å². The van der Waals surface area contributed by atoms with Crippen LogP contribution in [0.1, 0.15) is 13.3 Å².